The zero-order chi connectivity index (χ0) is 17.8. The second-order valence-corrected chi connectivity index (χ2v) is 4.79. The molecule has 0 N–H and O–H groups in total. The van der Waals surface area contributed by atoms with Crippen molar-refractivity contribution in [2.24, 2.45) is 5.16 Å². The van der Waals surface area contributed by atoms with Crippen molar-refractivity contribution in [3.8, 4) is 0 Å². The van der Waals surface area contributed by atoms with Crippen LogP contribution >= 0.6 is 0 Å². The van der Waals surface area contributed by atoms with E-state index in [0.29, 0.717) is 0 Å². The normalized spacial score (nSPS) is 12.6. The summed E-state index contributed by atoms with van der Waals surface area (Å²) in [6.07, 6.45) is -8.15. The lowest BCUT2D eigenvalue weighted by molar-refractivity contribution is -0.138. The number of hydrogen-bond donors (Lipinski definition) is 0. The predicted octanol–water partition coefficient (Wildman–Crippen LogP) is 5.27. The fourth-order valence-corrected chi connectivity index (χ4v) is 1.91. The van der Waals surface area contributed by atoms with Crippen molar-refractivity contribution in [2.45, 2.75) is 19.0 Å². The van der Waals surface area contributed by atoms with Crippen molar-refractivity contribution in [1.82, 2.24) is 0 Å². The summed E-state index contributed by atoms with van der Waals surface area (Å²) in [4.78, 5) is 4.79. The minimum absolute atomic E-state index is 0.200. The Hall–Kier alpha value is -2.51. The van der Waals surface area contributed by atoms with Gasteiger partial charge in [-0.05, 0) is 23.8 Å². The monoisotopic (exact) mass is 347 g/mol. The number of nitrogens with zero attached hydrogens (tertiary/aromatic N) is 1. The lowest BCUT2D eigenvalue weighted by Gasteiger charge is -2.09. The van der Waals surface area contributed by atoms with Crippen LogP contribution in [0.3, 0.4) is 0 Å². The van der Waals surface area contributed by atoms with Gasteiger partial charge in [-0.3, -0.25) is 0 Å². The molecule has 2 aromatic rings. The molecule has 0 saturated carbocycles. The molecule has 0 aromatic heterocycles. The highest BCUT2D eigenvalue weighted by atomic mass is 19.4. The topological polar surface area (TPSA) is 21.6 Å². The summed E-state index contributed by atoms with van der Waals surface area (Å²) in [5, 5.41) is 3.40. The largest absolute Gasteiger partial charge is 0.417 e. The van der Waals surface area contributed by atoms with Crippen molar-refractivity contribution in [1.29, 1.82) is 0 Å². The molecule has 0 amide bonds. The molecule has 2 nitrogen and oxygen atoms in total. The van der Waals surface area contributed by atoms with Gasteiger partial charge in [-0.15, -0.1) is 0 Å². The minimum atomic E-state index is -4.54. The van der Waals surface area contributed by atoms with E-state index in [-0.39, 0.29) is 17.7 Å². The summed E-state index contributed by atoms with van der Waals surface area (Å²) in [5.74, 6) is 0. The highest BCUT2D eigenvalue weighted by Gasteiger charge is 2.32. The SMILES string of the molecule is FC(F)(F)c1cccc(CON=Cc2ccccc2C(F)(F)F)c1. The lowest BCUT2D eigenvalue weighted by atomic mass is 10.1. The summed E-state index contributed by atoms with van der Waals surface area (Å²) in [6.45, 7) is -0.297. The highest BCUT2D eigenvalue weighted by Crippen LogP contribution is 2.31. The molecule has 0 aliphatic rings. The van der Waals surface area contributed by atoms with Crippen LogP contribution in [-0.2, 0) is 23.8 Å². The number of halogens is 6. The molecule has 0 aliphatic heterocycles. The molecule has 0 heterocycles. The van der Waals surface area contributed by atoms with Gasteiger partial charge in [-0.1, -0.05) is 35.5 Å². The number of rotatable bonds is 4. The van der Waals surface area contributed by atoms with Crippen LogP contribution < -0.4 is 0 Å². The van der Waals surface area contributed by atoms with Crippen molar-refractivity contribution < 1.29 is 31.2 Å². The van der Waals surface area contributed by atoms with Gasteiger partial charge in [-0.2, -0.15) is 26.3 Å². The zero-order valence-corrected chi connectivity index (χ0v) is 12.0. The van der Waals surface area contributed by atoms with E-state index in [0.717, 1.165) is 24.4 Å². The Kier molecular flexibility index (Phi) is 5.16. The molecular weight excluding hydrogens is 336 g/mol. The van der Waals surface area contributed by atoms with E-state index in [1.165, 1.54) is 30.3 Å². The second kappa shape index (κ2) is 6.94. The first-order chi connectivity index (χ1) is 11.2. The zero-order valence-electron chi connectivity index (χ0n) is 12.0. The second-order valence-electron chi connectivity index (χ2n) is 4.79. The fourth-order valence-electron chi connectivity index (χ4n) is 1.91. The molecule has 0 fully saturated rings. The Morgan fingerprint density at radius 1 is 0.875 bits per heavy atom. The summed E-state index contributed by atoms with van der Waals surface area (Å²) in [6, 6.07) is 9.16. The average Bonchev–Trinajstić information content (AvgIpc) is 2.50. The maximum atomic E-state index is 12.8. The van der Waals surface area contributed by atoms with E-state index in [1.54, 1.807) is 0 Å². The van der Waals surface area contributed by atoms with E-state index >= 15 is 0 Å². The average molecular weight is 347 g/mol. The maximum absolute atomic E-state index is 12.8. The van der Waals surface area contributed by atoms with Gasteiger partial charge in [-0.25, -0.2) is 0 Å². The number of benzene rings is 2. The highest BCUT2D eigenvalue weighted by molar-refractivity contribution is 5.81. The molecule has 0 bridgehead atoms. The molecule has 0 unspecified atom stereocenters. The third-order valence-electron chi connectivity index (χ3n) is 3.02. The molecule has 24 heavy (non-hydrogen) atoms. The minimum Gasteiger partial charge on any atom is -0.391 e. The molecular formula is C16H11F6NO. The van der Waals surface area contributed by atoms with E-state index in [9.17, 15) is 26.3 Å². The molecule has 0 atom stereocenters. The van der Waals surface area contributed by atoms with Gasteiger partial charge in [0.05, 0.1) is 17.3 Å². The first-order valence-corrected chi connectivity index (χ1v) is 6.65. The standard InChI is InChI=1S/C16H11F6NO/c17-15(18,19)13-6-3-4-11(8-13)10-24-23-9-12-5-1-2-7-14(12)16(20,21)22/h1-9H,10H2. The molecule has 128 valence electrons. The van der Waals surface area contributed by atoms with Crippen molar-refractivity contribution >= 4 is 6.21 Å². The predicted molar refractivity (Wildman–Crippen MR) is 75.3 cm³/mol. The van der Waals surface area contributed by atoms with Gasteiger partial charge in [0.25, 0.3) is 0 Å². The molecule has 0 spiro atoms. The maximum Gasteiger partial charge on any atom is 0.417 e. The summed E-state index contributed by atoms with van der Waals surface area (Å²) >= 11 is 0. The van der Waals surface area contributed by atoms with Gasteiger partial charge in [0, 0.05) is 5.56 Å². The van der Waals surface area contributed by atoms with Gasteiger partial charge in [0.1, 0.15) is 6.61 Å². The van der Waals surface area contributed by atoms with Crippen molar-refractivity contribution in [3.05, 3.63) is 70.8 Å². The number of hydrogen-bond acceptors (Lipinski definition) is 2. The van der Waals surface area contributed by atoms with Gasteiger partial charge < -0.3 is 4.84 Å². The number of alkyl halides is 6. The molecule has 2 rings (SSSR count). The van der Waals surface area contributed by atoms with Crippen molar-refractivity contribution in [2.75, 3.05) is 0 Å². The Morgan fingerprint density at radius 2 is 1.58 bits per heavy atom. The summed E-state index contributed by atoms with van der Waals surface area (Å²) in [5.41, 5.74) is -1.72. The smallest absolute Gasteiger partial charge is 0.391 e. The summed E-state index contributed by atoms with van der Waals surface area (Å²) < 4.78 is 76.0. The fraction of sp³-hybridized carbons (Fsp3) is 0.188. The molecule has 0 radical (unpaired) electrons. The quantitative estimate of drug-likeness (QED) is 0.419. The van der Waals surface area contributed by atoms with E-state index < -0.39 is 23.5 Å². The Balaban J connectivity index is 2.04. The van der Waals surface area contributed by atoms with Crippen LogP contribution in [0, 0.1) is 0 Å². The van der Waals surface area contributed by atoms with Crippen LogP contribution in [0.2, 0.25) is 0 Å². The molecule has 2 aromatic carbocycles. The third kappa shape index (κ3) is 4.74. The van der Waals surface area contributed by atoms with Crippen molar-refractivity contribution in [3.63, 3.8) is 0 Å². The Labute approximate surface area is 133 Å². The first-order valence-electron chi connectivity index (χ1n) is 6.65. The Bertz CT molecular complexity index is 721. The summed E-state index contributed by atoms with van der Waals surface area (Å²) in [7, 11) is 0. The van der Waals surface area contributed by atoms with Gasteiger partial charge in [0.15, 0.2) is 0 Å². The van der Waals surface area contributed by atoms with E-state index in [4.69, 9.17) is 4.84 Å². The Morgan fingerprint density at radius 3 is 2.25 bits per heavy atom. The lowest BCUT2D eigenvalue weighted by Crippen LogP contribution is -2.08. The first kappa shape index (κ1) is 17.8. The molecule has 0 saturated heterocycles. The van der Waals surface area contributed by atoms with Crippen LogP contribution in [0.1, 0.15) is 22.3 Å². The van der Waals surface area contributed by atoms with Gasteiger partial charge in [0.2, 0.25) is 0 Å². The van der Waals surface area contributed by atoms with E-state index in [1.807, 2.05) is 0 Å². The molecule has 0 aliphatic carbocycles. The molecule has 8 heteroatoms. The van der Waals surface area contributed by atoms with E-state index in [2.05, 4.69) is 5.16 Å². The number of oxime groups is 1. The van der Waals surface area contributed by atoms with Gasteiger partial charge >= 0.3 is 12.4 Å². The van der Waals surface area contributed by atoms with Crippen LogP contribution in [0.25, 0.3) is 0 Å². The van der Waals surface area contributed by atoms with Crippen LogP contribution in [0.5, 0.6) is 0 Å². The van der Waals surface area contributed by atoms with Crippen LogP contribution in [0.15, 0.2) is 53.7 Å². The van der Waals surface area contributed by atoms with Crippen LogP contribution in [-0.4, -0.2) is 6.21 Å². The third-order valence-corrected chi connectivity index (χ3v) is 3.02. The van der Waals surface area contributed by atoms with Crippen LogP contribution in [0.4, 0.5) is 26.3 Å².